The Hall–Kier alpha value is -0.0800. The molecule has 0 nitrogen and oxygen atoms in total. The van der Waals surface area contributed by atoms with Gasteiger partial charge in [0, 0.05) is 9.85 Å². The van der Waals surface area contributed by atoms with Gasteiger partial charge in [-0.05, 0) is 55.4 Å². The summed E-state index contributed by atoms with van der Waals surface area (Å²) in [4.78, 5) is 0. The van der Waals surface area contributed by atoms with E-state index in [0.717, 1.165) is 22.9 Å². The quantitative estimate of drug-likeness (QED) is 0.715. The van der Waals surface area contributed by atoms with Crippen molar-refractivity contribution in [2.75, 3.05) is 0 Å². The molecule has 1 aliphatic carbocycles. The molecule has 15 heavy (non-hydrogen) atoms. The molecule has 82 valence electrons. The highest BCUT2D eigenvalue weighted by Crippen LogP contribution is 2.37. The van der Waals surface area contributed by atoms with E-state index >= 15 is 0 Å². The predicted molar refractivity (Wildman–Crippen MR) is 64.8 cm³/mol. The molecule has 0 heterocycles. The van der Waals surface area contributed by atoms with Gasteiger partial charge in [0.25, 0.3) is 0 Å². The van der Waals surface area contributed by atoms with Crippen molar-refractivity contribution in [2.45, 2.75) is 31.1 Å². The number of rotatable bonds is 4. The van der Waals surface area contributed by atoms with Gasteiger partial charge in [0.15, 0.2) is 0 Å². The summed E-state index contributed by atoms with van der Waals surface area (Å²) in [5.74, 6) is 0.532. The number of benzene rings is 1. The maximum absolute atomic E-state index is 13.0. The summed E-state index contributed by atoms with van der Waals surface area (Å²) >= 11 is 9.63. The second-order valence-corrected chi connectivity index (χ2v) is 5.54. The molecule has 0 spiro atoms. The van der Waals surface area contributed by atoms with E-state index in [-0.39, 0.29) is 11.2 Å². The van der Waals surface area contributed by atoms with Gasteiger partial charge < -0.3 is 0 Å². The van der Waals surface area contributed by atoms with E-state index in [4.69, 9.17) is 11.6 Å². The van der Waals surface area contributed by atoms with E-state index in [9.17, 15) is 4.39 Å². The summed E-state index contributed by atoms with van der Waals surface area (Å²) in [7, 11) is 0. The Balaban J connectivity index is 1.94. The lowest BCUT2D eigenvalue weighted by Crippen LogP contribution is -2.03. The lowest BCUT2D eigenvalue weighted by atomic mass is 10.1. The van der Waals surface area contributed by atoms with Gasteiger partial charge in [0.1, 0.15) is 5.82 Å². The molecule has 1 aromatic rings. The molecule has 1 aromatic carbocycles. The molecule has 1 fully saturated rings. The summed E-state index contributed by atoms with van der Waals surface area (Å²) in [6.45, 7) is 0. The first kappa shape index (κ1) is 11.4. The summed E-state index contributed by atoms with van der Waals surface area (Å²) < 4.78 is 14.0. The van der Waals surface area contributed by atoms with Crippen molar-refractivity contribution in [3.05, 3.63) is 34.1 Å². The molecule has 0 saturated heterocycles. The highest BCUT2D eigenvalue weighted by molar-refractivity contribution is 9.10. The highest BCUT2D eigenvalue weighted by atomic mass is 79.9. The van der Waals surface area contributed by atoms with Crippen molar-refractivity contribution >= 4 is 27.5 Å². The van der Waals surface area contributed by atoms with Crippen LogP contribution in [0, 0.1) is 11.7 Å². The van der Waals surface area contributed by atoms with Crippen molar-refractivity contribution in [3.63, 3.8) is 0 Å². The van der Waals surface area contributed by atoms with Crippen LogP contribution in [-0.4, -0.2) is 5.38 Å². The lowest BCUT2D eigenvalue weighted by molar-refractivity contribution is 0.621. The minimum atomic E-state index is -0.175. The standard InChI is InChI=1S/C12H13BrClF/c13-11-5-4-10(15)7-9(11)3-6-12(14)8-1-2-8/h4-5,7-8,12H,1-3,6H2. The zero-order valence-corrected chi connectivity index (χ0v) is 10.7. The second kappa shape index (κ2) is 4.84. The molecule has 1 atom stereocenters. The third-order valence-electron chi connectivity index (χ3n) is 2.83. The van der Waals surface area contributed by atoms with Crippen LogP contribution in [0.5, 0.6) is 0 Å². The van der Waals surface area contributed by atoms with Crippen molar-refractivity contribution in [3.8, 4) is 0 Å². The van der Waals surface area contributed by atoms with Crippen LogP contribution >= 0.6 is 27.5 Å². The zero-order valence-electron chi connectivity index (χ0n) is 8.35. The minimum Gasteiger partial charge on any atom is -0.207 e. The van der Waals surface area contributed by atoms with Gasteiger partial charge in [-0.3, -0.25) is 0 Å². The number of aryl methyl sites for hydroxylation is 1. The van der Waals surface area contributed by atoms with E-state index in [1.807, 2.05) is 0 Å². The van der Waals surface area contributed by atoms with Gasteiger partial charge in [-0.15, -0.1) is 11.6 Å². The Labute approximate surface area is 103 Å². The highest BCUT2D eigenvalue weighted by Gasteiger charge is 2.29. The summed E-state index contributed by atoms with van der Waals surface area (Å²) in [6.07, 6.45) is 4.31. The van der Waals surface area contributed by atoms with E-state index in [1.54, 1.807) is 12.1 Å². The van der Waals surface area contributed by atoms with Crippen LogP contribution in [-0.2, 0) is 6.42 Å². The van der Waals surface area contributed by atoms with Crippen LogP contribution in [0.3, 0.4) is 0 Å². The van der Waals surface area contributed by atoms with Crippen molar-refractivity contribution in [2.24, 2.45) is 5.92 Å². The van der Waals surface area contributed by atoms with Gasteiger partial charge >= 0.3 is 0 Å². The van der Waals surface area contributed by atoms with Gasteiger partial charge in [0.05, 0.1) is 0 Å². The number of hydrogen-bond donors (Lipinski definition) is 0. The maximum Gasteiger partial charge on any atom is 0.123 e. The largest absolute Gasteiger partial charge is 0.207 e. The zero-order chi connectivity index (χ0) is 10.8. The third kappa shape index (κ3) is 3.18. The molecule has 0 aromatic heterocycles. The second-order valence-electron chi connectivity index (χ2n) is 4.13. The fourth-order valence-electron chi connectivity index (χ4n) is 1.72. The molecule has 2 rings (SSSR count). The number of alkyl halides is 1. The normalized spacial score (nSPS) is 17.8. The third-order valence-corrected chi connectivity index (χ3v) is 4.18. The van der Waals surface area contributed by atoms with E-state index < -0.39 is 0 Å². The van der Waals surface area contributed by atoms with Crippen LogP contribution < -0.4 is 0 Å². The van der Waals surface area contributed by atoms with Gasteiger partial charge in [0.2, 0.25) is 0 Å². The Morgan fingerprint density at radius 1 is 1.47 bits per heavy atom. The molecule has 1 saturated carbocycles. The molecule has 0 aliphatic heterocycles. The van der Waals surface area contributed by atoms with Crippen molar-refractivity contribution < 1.29 is 4.39 Å². The fraction of sp³-hybridized carbons (Fsp3) is 0.500. The molecular weight excluding hydrogens is 278 g/mol. The average molecular weight is 292 g/mol. The minimum absolute atomic E-state index is 0.175. The summed E-state index contributed by atoms with van der Waals surface area (Å²) in [6, 6.07) is 4.80. The van der Waals surface area contributed by atoms with Crippen LogP contribution in [0.25, 0.3) is 0 Å². The van der Waals surface area contributed by atoms with Crippen LogP contribution in [0.15, 0.2) is 22.7 Å². The Morgan fingerprint density at radius 2 is 2.20 bits per heavy atom. The molecule has 0 N–H and O–H groups in total. The SMILES string of the molecule is Fc1ccc(Br)c(CCC(Cl)C2CC2)c1. The van der Waals surface area contributed by atoms with Gasteiger partial charge in [-0.2, -0.15) is 0 Å². The first-order valence-corrected chi connectivity index (χ1v) is 6.48. The molecule has 0 amide bonds. The van der Waals surface area contributed by atoms with Crippen molar-refractivity contribution in [1.82, 2.24) is 0 Å². The number of halogens is 3. The van der Waals surface area contributed by atoms with E-state index in [2.05, 4.69) is 15.9 Å². The van der Waals surface area contributed by atoms with Crippen LogP contribution in [0.2, 0.25) is 0 Å². The Kier molecular flexibility index (Phi) is 3.68. The molecule has 0 bridgehead atoms. The lowest BCUT2D eigenvalue weighted by Gasteiger charge is -2.08. The topological polar surface area (TPSA) is 0 Å². The molecule has 0 radical (unpaired) electrons. The van der Waals surface area contributed by atoms with E-state index in [1.165, 1.54) is 18.9 Å². The first-order chi connectivity index (χ1) is 7.16. The summed E-state index contributed by atoms with van der Waals surface area (Å²) in [5.41, 5.74) is 1.02. The van der Waals surface area contributed by atoms with Crippen molar-refractivity contribution in [1.29, 1.82) is 0 Å². The molecule has 3 heteroatoms. The predicted octanol–water partition coefficient (Wildman–Crippen LogP) is 4.54. The molecule has 1 unspecified atom stereocenters. The monoisotopic (exact) mass is 290 g/mol. The van der Waals surface area contributed by atoms with Crippen LogP contribution in [0.4, 0.5) is 4.39 Å². The maximum atomic E-state index is 13.0. The molecule has 1 aliphatic rings. The van der Waals surface area contributed by atoms with Gasteiger partial charge in [-0.1, -0.05) is 15.9 Å². The first-order valence-electron chi connectivity index (χ1n) is 5.25. The smallest absolute Gasteiger partial charge is 0.123 e. The Bertz CT molecular complexity index is 349. The van der Waals surface area contributed by atoms with Gasteiger partial charge in [-0.25, -0.2) is 4.39 Å². The Morgan fingerprint density at radius 3 is 2.87 bits per heavy atom. The summed E-state index contributed by atoms with van der Waals surface area (Å²) in [5, 5.41) is 0.264. The number of hydrogen-bond acceptors (Lipinski definition) is 0. The average Bonchev–Trinajstić information content (AvgIpc) is 3.02. The van der Waals surface area contributed by atoms with Crippen LogP contribution in [0.1, 0.15) is 24.8 Å². The van der Waals surface area contributed by atoms with E-state index in [0.29, 0.717) is 5.92 Å². The fourth-order valence-corrected chi connectivity index (χ4v) is 2.53. The molecular formula is C12H13BrClF.